The van der Waals surface area contributed by atoms with Crippen molar-refractivity contribution in [3.05, 3.63) is 54.3 Å². The Hall–Kier alpha value is -2.56. The Morgan fingerprint density at radius 2 is 1.74 bits per heavy atom. The van der Waals surface area contributed by atoms with Gasteiger partial charge in [0.1, 0.15) is 0 Å². The van der Waals surface area contributed by atoms with Crippen LogP contribution in [0.1, 0.15) is 6.42 Å². The lowest BCUT2D eigenvalue weighted by Gasteiger charge is -2.23. The maximum absolute atomic E-state index is 11.1. The molecule has 0 amide bonds. The van der Waals surface area contributed by atoms with E-state index in [1.54, 1.807) is 6.08 Å². The first kappa shape index (κ1) is 12.9. The molecule has 0 unspecified atom stereocenters. The molecule has 1 aliphatic carbocycles. The Morgan fingerprint density at radius 1 is 1.11 bits per heavy atom. The summed E-state index contributed by atoms with van der Waals surface area (Å²) in [5.74, 6) is -2.71. The number of para-hydroxylation sites is 1. The minimum atomic E-state index is -1.86. The lowest BCUT2D eigenvalue weighted by molar-refractivity contribution is -0.160. The Labute approximate surface area is 109 Å². The second-order valence-electron chi connectivity index (χ2n) is 4.27. The third-order valence-corrected chi connectivity index (χ3v) is 3.02. The molecule has 0 spiro atoms. The van der Waals surface area contributed by atoms with Gasteiger partial charge in [-0.05, 0) is 24.6 Å². The molecular formula is C14H13NO4. The van der Waals surface area contributed by atoms with E-state index in [1.807, 2.05) is 30.3 Å². The molecule has 5 nitrogen and oxygen atoms in total. The summed E-state index contributed by atoms with van der Waals surface area (Å²) in [5, 5.41) is 21.2. The highest BCUT2D eigenvalue weighted by molar-refractivity contribution is 6.01. The van der Waals surface area contributed by atoms with Crippen molar-refractivity contribution in [2.24, 2.45) is 5.41 Å². The van der Waals surface area contributed by atoms with Crippen LogP contribution in [0.15, 0.2) is 54.3 Å². The van der Waals surface area contributed by atoms with Crippen molar-refractivity contribution in [1.29, 1.82) is 0 Å². The number of carboxylic acids is 2. The molecule has 3 N–H and O–H groups in total. The first-order valence-corrected chi connectivity index (χ1v) is 5.73. The normalized spacial score (nSPS) is 16.5. The van der Waals surface area contributed by atoms with Gasteiger partial charge in [-0.1, -0.05) is 30.4 Å². The topological polar surface area (TPSA) is 86.6 Å². The van der Waals surface area contributed by atoms with E-state index in [0.717, 1.165) is 5.69 Å². The van der Waals surface area contributed by atoms with Crippen LogP contribution in [0.25, 0.3) is 0 Å². The van der Waals surface area contributed by atoms with Gasteiger partial charge in [-0.25, -0.2) is 0 Å². The Kier molecular flexibility index (Phi) is 3.37. The van der Waals surface area contributed by atoms with E-state index in [2.05, 4.69) is 5.32 Å². The average Bonchev–Trinajstić information content (AvgIpc) is 2.40. The lowest BCUT2D eigenvalue weighted by atomic mass is 9.81. The maximum Gasteiger partial charge on any atom is 0.325 e. The molecule has 1 aromatic rings. The molecule has 0 saturated carbocycles. The highest BCUT2D eigenvalue weighted by Gasteiger charge is 2.44. The Morgan fingerprint density at radius 3 is 2.21 bits per heavy atom. The second kappa shape index (κ2) is 4.97. The zero-order chi connectivity index (χ0) is 13.9. The molecule has 0 saturated heterocycles. The van der Waals surface area contributed by atoms with Gasteiger partial charge in [0.15, 0.2) is 5.41 Å². The zero-order valence-electron chi connectivity index (χ0n) is 10.0. The average molecular weight is 259 g/mol. The second-order valence-corrected chi connectivity index (χ2v) is 4.27. The van der Waals surface area contributed by atoms with E-state index in [-0.39, 0.29) is 6.42 Å². The summed E-state index contributed by atoms with van der Waals surface area (Å²) < 4.78 is 0. The predicted octanol–water partition coefficient (Wildman–Crippen LogP) is 2.10. The van der Waals surface area contributed by atoms with Gasteiger partial charge in [-0.2, -0.15) is 0 Å². The minimum absolute atomic E-state index is 0.0800. The van der Waals surface area contributed by atoms with Crippen molar-refractivity contribution in [3.8, 4) is 0 Å². The van der Waals surface area contributed by atoms with Crippen molar-refractivity contribution < 1.29 is 19.8 Å². The number of carbonyl (C=O) groups is 2. The fraction of sp³-hybridized carbons (Fsp3) is 0.143. The lowest BCUT2D eigenvalue weighted by Crippen LogP contribution is -2.38. The summed E-state index contributed by atoms with van der Waals surface area (Å²) in [5.41, 5.74) is -0.317. The van der Waals surface area contributed by atoms with Crippen molar-refractivity contribution in [3.63, 3.8) is 0 Å². The summed E-state index contributed by atoms with van der Waals surface area (Å²) in [4.78, 5) is 22.2. The molecule has 0 bridgehead atoms. The number of nitrogens with one attached hydrogen (secondary N) is 1. The molecule has 0 atom stereocenters. The third kappa shape index (κ3) is 2.49. The van der Waals surface area contributed by atoms with E-state index >= 15 is 0 Å². The predicted molar refractivity (Wildman–Crippen MR) is 69.6 cm³/mol. The third-order valence-electron chi connectivity index (χ3n) is 3.02. The van der Waals surface area contributed by atoms with Gasteiger partial charge in [0.05, 0.1) is 0 Å². The number of allylic oxidation sites excluding steroid dienone is 2. The van der Waals surface area contributed by atoms with Crippen molar-refractivity contribution >= 4 is 17.6 Å². The molecule has 0 fully saturated rings. The first-order chi connectivity index (χ1) is 9.04. The van der Waals surface area contributed by atoms with E-state index in [0.29, 0.717) is 5.70 Å². The Bertz CT molecular complexity index is 546. The monoisotopic (exact) mass is 259 g/mol. The zero-order valence-corrected chi connectivity index (χ0v) is 10.0. The highest BCUT2D eigenvalue weighted by atomic mass is 16.4. The number of carboxylic acid groups (broad SMARTS) is 2. The van der Waals surface area contributed by atoms with Crippen LogP contribution in [0.2, 0.25) is 0 Å². The summed E-state index contributed by atoms with van der Waals surface area (Å²) >= 11 is 0. The van der Waals surface area contributed by atoms with Crippen LogP contribution in [0.4, 0.5) is 5.69 Å². The van der Waals surface area contributed by atoms with Crippen LogP contribution in [0, 0.1) is 5.41 Å². The van der Waals surface area contributed by atoms with Gasteiger partial charge < -0.3 is 15.5 Å². The Balaban J connectivity index is 2.15. The van der Waals surface area contributed by atoms with Gasteiger partial charge in [0.25, 0.3) is 0 Å². The van der Waals surface area contributed by atoms with E-state index in [9.17, 15) is 9.59 Å². The fourth-order valence-electron chi connectivity index (χ4n) is 1.83. The maximum atomic E-state index is 11.1. The van der Waals surface area contributed by atoms with Gasteiger partial charge in [0.2, 0.25) is 0 Å². The quantitative estimate of drug-likeness (QED) is 0.721. The minimum Gasteiger partial charge on any atom is -0.480 e. The molecule has 2 rings (SSSR count). The van der Waals surface area contributed by atoms with Gasteiger partial charge in [-0.3, -0.25) is 9.59 Å². The number of rotatable bonds is 4. The molecule has 5 heteroatoms. The molecule has 0 aliphatic heterocycles. The molecule has 1 aliphatic rings. The molecule has 19 heavy (non-hydrogen) atoms. The van der Waals surface area contributed by atoms with E-state index in [4.69, 9.17) is 10.2 Å². The molecule has 98 valence electrons. The van der Waals surface area contributed by atoms with Crippen molar-refractivity contribution in [2.75, 3.05) is 5.32 Å². The van der Waals surface area contributed by atoms with E-state index < -0.39 is 17.4 Å². The molecular weight excluding hydrogens is 246 g/mol. The van der Waals surface area contributed by atoms with Crippen LogP contribution < -0.4 is 5.32 Å². The molecule has 1 aromatic carbocycles. The van der Waals surface area contributed by atoms with Crippen LogP contribution in [-0.4, -0.2) is 22.2 Å². The summed E-state index contributed by atoms with van der Waals surface area (Å²) in [7, 11) is 0. The fourth-order valence-corrected chi connectivity index (χ4v) is 1.83. The number of anilines is 1. The smallest absolute Gasteiger partial charge is 0.325 e. The number of benzene rings is 1. The summed E-state index contributed by atoms with van der Waals surface area (Å²) in [6, 6.07) is 9.36. The standard InChI is InChI=1S/C14H13NO4/c16-12(17)14(13(18)19)8-6-11(7-9-14)15-10-4-2-1-3-5-10/h1-8,15H,9H2,(H,16,17)(H,18,19). The molecule has 0 aromatic heterocycles. The largest absolute Gasteiger partial charge is 0.480 e. The van der Waals surface area contributed by atoms with Crippen LogP contribution >= 0.6 is 0 Å². The summed E-state index contributed by atoms with van der Waals surface area (Å²) in [6.07, 6.45) is 4.19. The van der Waals surface area contributed by atoms with Crippen LogP contribution in [0.5, 0.6) is 0 Å². The van der Waals surface area contributed by atoms with Crippen LogP contribution in [0.3, 0.4) is 0 Å². The van der Waals surface area contributed by atoms with Gasteiger partial charge in [-0.15, -0.1) is 0 Å². The van der Waals surface area contributed by atoms with Crippen molar-refractivity contribution in [2.45, 2.75) is 6.42 Å². The number of hydrogen-bond donors (Lipinski definition) is 3. The molecule has 0 heterocycles. The van der Waals surface area contributed by atoms with Gasteiger partial charge >= 0.3 is 11.9 Å². The van der Waals surface area contributed by atoms with Gasteiger partial charge in [0, 0.05) is 11.4 Å². The van der Waals surface area contributed by atoms with E-state index in [1.165, 1.54) is 12.2 Å². The SMILES string of the molecule is O=C(O)C1(C(=O)O)C=CC(Nc2ccccc2)=CC1. The number of aliphatic carboxylic acids is 2. The number of hydrogen-bond acceptors (Lipinski definition) is 3. The highest BCUT2D eigenvalue weighted by Crippen LogP contribution is 2.31. The van der Waals surface area contributed by atoms with Crippen LogP contribution in [-0.2, 0) is 9.59 Å². The van der Waals surface area contributed by atoms with Crippen molar-refractivity contribution in [1.82, 2.24) is 0 Å². The summed E-state index contributed by atoms with van der Waals surface area (Å²) in [6.45, 7) is 0. The molecule has 0 radical (unpaired) electrons. The first-order valence-electron chi connectivity index (χ1n) is 5.73.